The molecular formula is C20H22N4OS. The predicted octanol–water partition coefficient (Wildman–Crippen LogP) is 4.49. The van der Waals surface area contributed by atoms with Crippen molar-refractivity contribution in [2.45, 2.75) is 26.7 Å². The van der Waals surface area contributed by atoms with Crippen LogP contribution in [0.5, 0.6) is 0 Å². The van der Waals surface area contributed by atoms with E-state index in [1.54, 1.807) is 17.5 Å². The van der Waals surface area contributed by atoms with Gasteiger partial charge in [0, 0.05) is 25.0 Å². The average molecular weight is 366 g/mol. The summed E-state index contributed by atoms with van der Waals surface area (Å²) in [7, 11) is 0. The Morgan fingerprint density at radius 2 is 2.04 bits per heavy atom. The van der Waals surface area contributed by atoms with Crippen LogP contribution in [0.25, 0.3) is 10.2 Å². The van der Waals surface area contributed by atoms with Crippen LogP contribution in [0.1, 0.15) is 35.1 Å². The van der Waals surface area contributed by atoms with Gasteiger partial charge in [-0.05, 0) is 56.0 Å². The van der Waals surface area contributed by atoms with Crippen molar-refractivity contribution in [2.24, 2.45) is 5.92 Å². The number of hydrogen-bond acceptors (Lipinski definition) is 5. The first-order valence-electron chi connectivity index (χ1n) is 8.98. The molecule has 1 amide bonds. The Morgan fingerprint density at radius 3 is 2.77 bits per heavy atom. The molecule has 0 saturated carbocycles. The number of piperidine rings is 1. The highest BCUT2D eigenvalue weighted by Gasteiger charge is 2.17. The van der Waals surface area contributed by atoms with Crippen LogP contribution in [-0.2, 0) is 0 Å². The Kier molecular flexibility index (Phi) is 4.59. The highest BCUT2D eigenvalue weighted by Crippen LogP contribution is 2.25. The lowest BCUT2D eigenvalue weighted by atomic mass is 9.99. The topological polar surface area (TPSA) is 58.1 Å². The quantitative estimate of drug-likeness (QED) is 0.742. The van der Waals surface area contributed by atoms with Gasteiger partial charge >= 0.3 is 0 Å². The van der Waals surface area contributed by atoms with Crippen molar-refractivity contribution in [1.82, 2.24) is 9.97 Å². The maximum absolute atomic E-state index is 12.5. The molecule has 0 atom stereocenters. The Balaban J connectivity index is 1.45. The summed E-state index contributed by atoms with van der Waals surface area (Å²) >= 11 is 1.63. The molecule has 6 heteroatoms. The number of carbonyl (C=O) groups excluding carboxylic acids is 1. The van der Waals surface area contributed by atoms with E-state index in [1.807, 2.05) is 37.3 Å². The number of carbonyl (C=O) groups is 1. The van der Waals surface area contributed by atoms with Crippen molar-refractivity contribution in [1.29, 1.82) is 0 Å². The van der Waals surface area contributed by atoms with Crippen LogP contribution < -0.4 is 10.2 Å². The molecule has 1 aliphatic heterocycles. The van der Waals surface area contributed by atoms with Crippen molar-refractivity contribution in [3.63, 3.8) is 0 Å². The second-order valence-electron chi connectivity index (χ2n) is 6.94. The lowest BCUT2D eigenvalue weighted by molar-refractivity contribution is 0.102. The molecule has 0 aliphatic carbocycles. The number of nitrogens with one attached hydrogen (secondary N) is 1. The molecule has 1 saturated heterocycles. The number of nitrogens with zero attached hydrogens (tertiary/aromatic N) is 3. The van der Waals surface area contributed by atoms with Crippen molar-refractivity contribution in [2.75, 3.05) is 23.3 Å². The molecule has 0 radical (unpaired) electrons. The summed E-state index contributed by atoms with van der Waals surface area (Å²) in [5.41, 5.74) is 2.31. The first-order chi connectivity index (χ1) is 12.6. The molecule has 1 N–H and O–H groups in total. The SMILES string of the molecule is Cc1nc2ccc(NC(=O)c3ccc(N4CCC(C)CC4)nc3)cc2s1. The van der Waals surface area contributed by atoms with Gasteiger partial charge in [-0.2, -0.15) is 0 Å². The van der Waals surface area contributed by atoms with Gasteiger partial charge in [0.1, 0.15) is 5.82 Å². The van der Waals surface area contributed by atoms with E-state index >= 15 is 0 Å². The summed E-state index contributed by atoms with van der Waals surface area (Å²) < 4.78 is 1.08. The van der Waals surface area contributed by atoms with Gasteiger partial charge in [-0.1, -0.05) is 6.92 Å². The molecule has 2 aromatic heterocycles. The van der Waals surface area contributed by atoms with E-state index in [0.717, 1.165) is 45.7 Å². The van der Waals surface area contributed by atoms with Gasteiger partial charge in [-0.3, -0.25) is 4.79 Å². The molecule has 0 spiro atoms. The Bertz CT molecular complexity index is 927. The zero-order chi connectivity index (χ0) is 18.1. The van der Waals surface area contributed by atoms with Crippen LogP contribution in [0.15, 0.2) is 36.5 Å². The molecule has 0 unspecified atom stereocenters. The highest BCUT2D eigenvalue weighted by molar-refractivity contribution is 7.18. The molecule has 134 valence electrons. The van der Waals surface area contributed by atoms with Gasteiger partial charge in [-0.25, -0.2) is 9.97 Å². The van der Waals surface area contributed by atoms with Crippen molar-refractivity contribution in [3.8, 4) is 0 Å². The largest absolute Gasteiger partial charge is 0.357 e. The number of rotatable bonds is 3. The standard InChI is InChI=1S/C20H22N4OS/c1-13-7-9-24(10-8-13)19-6-3-15(12-21-19)20(25)23-16-4-5-17-18(11-16)26-14(2)22-17/h3-6,11-13H,7-10H2,1-2H3,(H,23,25). The number of pyridine rings is 1. The molecule has 0 bridgehead atoms. The van der Waals surface area contributed by atoms with Gasteiger partial charge in [-0.15, -0.1) is 11.3 Å². The number of anilines is 2. The third-order valence-corrected chi connectivity index (χ3v) is 5.80. The first-order valence-corrected chi connectivity index (χ1v) is 9.80. The first kappa shape index (κ1) is 17.0. The molecule has 1 aromatic carbocycles. The summed E-state index contributed by atoms with van der Waals surface area (Å²) in [6.07, 6.45) is 4.06. The molecular weight excluding hydrogens is 344 g/mol. The number of hydrogen-bond donors (Lipinski definition) is 1. The molecule has 3 aromatic rings. The van der Waals surface area contributed by atoms with Crippen LogP contribution in [0.3, 0.4) is 0 Å². The minimum absolute atomic E-state index is 0.142. The van der Waals surface area contributed by atoms with Crippen molar-refractivity contribution >= 4 is 39.0 Å². The molecule has 1 fully saturated rings. The van der Waals surface area contributed by atoms with E-state index in [2.05, 4.69) is 27.1 Å². The van der Waals surface area contributed by atoms with Crippen LogP contribution in [-0.4, -0.2) is 29.0 Å². The van der Waals surface area contributed by atoms with Crippen molar-refractivity contribution < 1.29 is 4.79 Å². The van der Waals surface area contributed by atoms with Gasteiger partial charge < -0.3 is 10.2 Å². The third-order valence-electron chi connectivity index (χ3n) is 4.87. The second kappa shape index (κ2) is 7.03. The number of aryl methyl sites for hydroxylation is 1. The summed E-state index contributed by atoms with van der Waals surface area (Å²) in [6, 6.07) is 9.59. The zero-order valence-corrected chi connectivity index (χ0v) is 15.8. The number of aromatic nitrogens is 2. The average Bonchev–Trinajstić information content (AvgIpc) is 3.02. The monoisotopic (exact) mass is 366 g/mol. The van der Waals surface area contributed by atoms with Crippen LogP contribution in [0.4, 0.5) is 11.5 Å². The molecule has 26 heavy (non-hydrogen) atoms. The lowest BCUT2D eigenvalue weighted by Crippen LogP contribution is -2.33. The number of thiazole rings is 1. The van der Waals surface area contributed by atoms with Gasteiger partial charge in [0.25, 0.3) is 5.91 Å². The molecule has 4 rings (SSSR count). The Morgan fingerprint density at radius 1 is 1.23 bits per heavy atom. The summed E-state index contributed by atoms with van der Waals surface area (Å²) in [5, 5.41) is 3.97. The number of amides is 1. The van der Waals surface area contributed by atoms with E-state index in [9.17, 15) is 4.79 Å². The third kappa shape index (κ3) is 3.55. The van der Waals surface area contributed by atoms with Crippen LogP contribution in [0.2, 0.25) is 0 Å². The van der Waals surface area contributed by atoms with E-state index < -0.39 is 0 Å². The number of fused-ring (bicyclic) bond motifs is 1. The fraction of sp³-hybridized carbons (Fsp3) is 0.350. The maximum Gasteiger partial charge on any atom is 0.257 e. The second-order valence-corrected chi connectivity index (χ2v) is 8.18. The Hall–Kier alpha value is -2.47. The summed E-state index contributed by atoms with van der Waals surface area (Å²) in [4.78, 5) is 23.7. The van der Waals surface area contributed by atoms with E-state index in [0.29, 0.717) is 5.56 Å². The van der Waals surface area contributed by atoms with Gasteiger partial charge in [0.05, 0.1) is 20.8 Å². The fourth-order valence-electron chi connectivity index (χ4n) is 3.27. The summed E-state index contributed by atoms with van der Waals surface area (Å²) in [6.45, 7) is 6.35. The minimum Gasteiger partial charge on any atom is -0.357 e. The van der Waals surface area contributed by atoms with E-state index in [1.165, 1.54) is 12.8 Å². The van der Waals surface area contributed by atoms with Gasteiger partial charge in [0.15, 0.2) is 0 Å². The Labute approximate surface area is 157 Å². The molecule has 1 aliphatic rings. The van der Waals surface area contributed by atoms with Crippen LogP contribution in [0, 0.1) is 12.8 Å². The molecule has 5 nitrogen and oxygen atoms in total. The molecule has 3 heterocycles. The highest BCUT2D eigenvalue weighted by atomic mass is 32.1. The van der Waals surface area contributed by atoms with E-state index in [4.69, 9.17) is 0 Å². The normalized spacial score (nSPS) is 15.4. The minimum atomic E-state index is -0.142. The summed E-state index contributed by atoms with van der Waals surface area (Å²) in [5.74, 6) is 1.60. The lowest BCUT2D eigenvalue weighted by Gasteiger charge is -2.31. The van der Waals surface area contributed by atoms with Gasteiger partial charge in [0.2, 0.25) is 0 Å². The number of benzene rings is 1. The fourth-order valence-corrected chi connectivity index (χ4v) is 4.13. The predicted molar refractivity (Wildman–Crippen MR) is 107 cm³/mol. The van der Waals surface area contributed by atoms with Crippen molar-refractivity contribution in [3.05, 3.63) is 47.1 Å². The van der Waals surface area contributed by atoms with Crippen LogP contribution >= 0.6 is 11.3 Å². The zero-order valence-electron chi connectivity index (χ0n) is 15.0. The smallest absolute Gasteiger partial charge is 0.257 e. The van der Waals surface area contributed by atoms with E-state index in [-0.39, 0.29) is 5.91 Å². The maximum atomic E-state index is 12.5.